The highest BCUT2D eigenvalue weighted by Gasteiger charge is 2.20. The van der Waals surface area contributed by atoms with Gasteiger partial charge in [0.1, 0.15) is 5.75 Å². The first-order valence-electron chi connectivity index (χ1n) is 7.75. The molecule has 0 radical (unpaired) electrons. The predicted octanol–water partition coefficient (Wildman–Crippen LogP) is 3.68. The van der Waals surface area contributed by atoms with Crippen LogP contribution in [0.1, 0.15) is 50.3 Å². The highest BCUT2D eigenvalue weighted by atomic mass is 16.5. The van der Waals surface area contributed by atoms with Gasteiger partial charge in [-0.15, -0.1) is 0 Å². The number of hydrogen-bond acceptors (Lipinski definition) is 3. The van der Waals surface area contributed by atoms with E-state index in [1.54, 1.807) is 0 Å². The Hall–Kier alpha value is -1.06. The quantitative estimate of drug-likeness (QED) is 0.698. The summed E-state index contributed by atoms with van der Waals surface area (Å²) in [4.78, 5) is 0. The molecular weight excluding hydrogens is 250 g/mol. The van der Waals surface area contributed by atoms with E-state index in [2.05, 4.69) is 30.4 Å². The molecule has 0 aliphatic heterocycles. The molecule has 1 saturated carbocycles. The summed E-state index contributed by atoms with van der Waals surface area (Å²) in [7, 11) is 1.98. The molecule has 0 spiro atoms. The third kappa shape index (κ3) is 4.50. The van der Waals surface area contributed by atoms with Crippen LogP contribution < -0.4 is 10.1 Å². The molecule has 3 nitrogen and oxygen atoms in total. The van der Waals surface area contributed by atoms with Gasteiger partial charge in [0.15, 0.2) is 0 Å². The second-order valence-electron chi connectivity index (χ2n) is 5.60. The lowest BCUT2D eigenvalue weighted by Crippen LogP contribution is -2.13. The number of benzene rings is 1. The molecule has 0 saturated heterocycles. The van der Waals surface area contributed by atoms with Crippen LogP contribution in [-0.4, -0.2) is 20.3 Å². The Labute approximate surface area is 122 Å². The molecular formula is C17H27NO2. The summed E-state index contributed by atoms with van der Waals surface area (Å²) in [6.07, 6.45) is 3.99. The number of rotatable bonds is 9. The first-order valence-corrected chi connectivity index (χ1v) is 7.75. The van der Waals surface area contributed by atoms with Crippen LogP contribution in [0.5, 0.6) is 5.75 Å². The first kappa shape index (κ1) is 15.3. The summed E-state index contributed by atoms with van der Waals surface area (Å²) in [5.41, 5.74) is 2.43. The summed E-state index contributed by atoms with van der Waals surface area (Å²) in [5.74, 6) is 1.88. The zero-order valence-electron chi connectivity index (χ0n) is 12.9. The molecule has 1 N–H and O–H groups in total. The van der Waals surface area contributed by atoms with E-state index in [1.807, 2.05) is 14.0 Å². The largest absolute Gasteiger partial charge is 0.494 e. The van der Waals surface area contributed by atoms with Crippen LogP contribution in [0.25, 0.3) is 0 Å². The fraction of sp³-hybridized carbons (Fsp3) is 0.647. The molecule has 1 aromatic rings. The van der Waals surface area contributed by atoms with E-state index in [9.17, 15) is 0 Å². The van der Waals surface area contributed by atoms with Crippen molar-refractivity contribution in [3.05, 3.63) is 29.3 Å². The van der Waals surface area contributed by atoms with Gasteiger partial charge in [0.05, 0.1) is 13.2 Å². The van der Waals surface area contributed by atoms with Crippen molar-refractivity contribution < 1.29 is 9.47 Å². The highest BCUT2D eigenvalue weighted by molar-refractivity contribution is 5.38. The molecule has 20 heavy (non-hydrogen) atoms. The molecule has 1 fully saturated rings. The topological polar surface area (TPSA) is 30.5 Å². The van der Waals surface area contributed by atoms with Crippen LogP contribution in [0.4, 0.5) is 0 Å². The summed E-state index contributed by atoms with van der Waals surface area (Å²) in [5, 5.41) is 3.27. The van der Waals surface area contributed by atoms with Gasteiger partial charge in [0.2, 0.25) is 0 Å². The van der Waals surface area contributed by atoms with Gasteiger partial charge < -0.3 is 14.8 Å². The van der Waals surface area contributed by atoms with E-state index in [-0.39, 0.29) is 0 Å². The van der Waals surface area contributed by atoms with E-state index in [4.69, 9.17) is 9.47 Å². The van der Waals surface area contributed by atoms with Gasteiger partial charge in [-0.05, 0) is 50.9 Å². The number of ether oxygens (including phenoxy) is 2. The van der Waals surface area contributed by atoms with E-state index >= 15 is 0 Å². The molecule has 0 amide bonds. The SMILES string of the molecule is CCOc1ccc(C(C)NC)cc1COCCC1CC1. The van der Waals surface area contributed by atoms with Gasteiger partial charge >= 0.3 is 0 Å². The highest BCUT2D eigenvalue weighted by Crippen LogP contribution is 2.32. The second kappa shape index (κ2) is 7.65. The molecule has 2 rings (SSSR count). The van der Waals surface area contributed by atoms with E-state index in [1.165, 1.54) is 24.8 Å². The lowest BCUT2D eigenvalue weighted by molar-refractivity contribution is 0.112. The van der Waals surface area contributed by atoms with Gasteiger partial charge in [-0.25, -0.2) is 0 Å². The van der Waals surface area contributed by atoms with Gasteiger partial charge in [-0.1, -0.05) is 18.9 Å². The maximum atomic E-state index is 5.83. The van der Waals surface area contributed by atoms with Gasteiger partial charge in [0.25, 0.3) is 0 Å². The summed E-state index contributed by atoms with van der Waals surface area (Å²) in [6, 6.07) is 6.73. The average Bonchev–Trinajstić information content (AvgIpc) is 3.28. The second-order valence-corrected chi connectivity index (χ2v) is 5.60. The van der Waals surface area contributed by atoms with Crippen LogP contribution in [0.15, 0.2) is 18.2 Å². The smallest absolute Gasteiger partial charge is 0.124 e. The van der Waals surface area contributed by atoms with Crippen molar-refractivity contribution in [3.63, 3.8) is 0 Å². The molecule has 1 aliphatic rings. The number of nitrogens with one attached hydrogen (secondary N) is 1. The minimum atomic E-state index is 0.343. The third-order valence-electron chi connectivity index (χ3n) is 3.94. The van der Waals surface area contributed by atoms with Crippen LogP contribution in [-0.2, 0) is 11.3 Å². The minimum Gasteiger partial charge on any atom is -0.494 e. The van der Waals surface area contributed by atoms with Crippen molar-refractivity contribution in [2.24, 2.45) is 5.92 Å². The summed E-state index contributed by atoms with van der Waals surface area (Å²) in [6.45, 7) is 6.37. The zero-order chi connectivity index (χ0) is 14.4. The van der Waals surface area contributed by atoms with Crippen molar-refractivity contribution in [2.45, 2.75) is 45.8 Å². The molecule has 0 bridgehead atoms. The monoisotopic (exact) mass is 277 g/mol. The molecule has 3 heteroatoms. The molecule has 0 aromatic heterocycles. The minimum absolute atomic E-state index is 0.343. The zero-order valence-corrected chi connectivity index (χ0v) is 12.9. The molecule has 0 heterocycles. The lowest BCUT2D eigenvalue weighted by Gasteiger charge is -2.16. The maximum absolute atomic E-state index is 5.83. The maximum Gasteiger partial charge on any atom is 0.124 e. The standard InChI is InChI=1S/C17H27NO2/c1-4-20-17-8-7-15(13(2)18-3)11-16(17)12-19-10-9-14-5-6-14/h7-8,11,13-14,18H,4-6,9-10,12H2,1-3H3. The van der Waals surface area contributed by atoms with Gasteiger partial charge in [-0.3, -0.25) is 0 Å². The molecule has 1 aromatic carbocycles. The normalized spacial score (nSPS) is 16.1. The molecule has 1 unspecified atom stereocenters. The van der Waals surface area contributed by atoms with E-state index in [0.717, 1.165) is 23.8 Å². The Balaban J connectivity index is 1.96. The van der Waals surface area contributed by atoms with Gasteiger partial charge in [-0.2, -0.15) is 0 Å². The predicted molar refractivity (Wildman–Crippen MR) is 82.1 cm³/mol. The Morgan fingerprint density at radius 3 is 2.80 bits per heavy atom. The molecule has 112 valence electrons. The van der Waals surface area contributed by atoms with Crippen LogP contribution in [0.3, 0.4) is 0 Å². The summed E-state index contributed by atoms with van der Waals surface area (Å²) >= 11 is 0. The van der Waals surface area contributed by atoms with Crippen molar-refractivity contribution in [1.82, 2.24) is 5.32 Å². The van der Waals surface area contributed by atoms with Crippen molar-refractivity contribution in [2.75, 3.05) is 20.3 Å². The van der Waals surface area contributed by atoms with Crippen LogP contribution in [0, 0.1) is 5.92 Å². The average molecular weight is 277 g/mol. The lowest BCUT2D eigenvalue weighted by atomic mass is 10.0. The van der Waals surface area contributed by atoms with Crippen molar-refractivity contribution >= 4 is 0 Å². The number of hydrogen-bond donors (Lipinski definition) is 1. The third-order valence-corrected chi connectivity index (χ3v) is 3.94. The van der Waals surface area contributed by atoms with Crippen LogP contribution in [0.2, 0.25) is 0 Å². The Morgan fingerprint density at radius 2 is 2.15 bits per heavy atom. The van der Waals surface area contributed by atoms with Crippen LogP contribution >= 0.6 is 0 Å². The Bertz CT molecular complexity index is 415. The first-order chi connectivity index (χ1) is 9.74. The Kier molecular flexibility index (Phi) is 5.86. The van der Waals surface area contributed by atoms with Gasteiger partial charge in [0, 0.05) is 18.2 Å². The van der Waals surface area contributed by atoms with E-state index < -0.39 is 0 Å². The fourth-order valence-corrected chi connectivity index (χ4v) is 2.28. The van der Waals surface area contributed by atoms with Crippen molar-refractivity contribution in [3.8, 4) is 5.75 Å². The van der Waals surface area contributed by atoms with E-state index in [0.29, 0.717) is 19.3 Å². The van der Waals surface area contributed by atoms with Crippen molar-refractivity contribution in [1.29, 1.82) is 0 Å². The molecule has 1 aliphatic carbocycles. The molecule has 1 atom stereocenters. The summed E-state index contributed by atoms with van der Waals surface area (Å²) < 4.78 is 11.5. The fourth-order valence-electron chi connectivity index (χ4n) is 2.28. The Morgan fingerprint density at radius 1 is 1.35 bits per heavy atom.